The highest BCUT2D eigenvalue weighted by Crippen LogP contribution is 2.44. The van der Waals surface area contributed by atoms with Crippen molar-refractivity contribution in [2.24, 2.45) is 0 Å². The predicted octanol–water partition coefficient (Wildman–Crippen LogP) is 4.90. The van der Waals surface area contributed by atoms with Crippen molar-refractivity contribution in [3.8, 4) is 0 Å². The molecule has 0 amide bonds. The number of ether oxygens (including phenoxy) is 3. The lowest BCUT2D eigenvalue weighted by Crippen LogP contribution is -2.44. The predicted molar refractivity (Wildman–Crippen MR) is 156 cm³/mol. The monoisotopic (exact) mass is 595 g/mol. The molecule has 42 heavy (non-hydrogen) atoms. The summed E-state index contributed by atoms with van der Waals surface area (Å²) in [6.45, 7) is 5.30. The molecule has 4 rings (SSSR count). The van der Waals surface area contributed by atoms with Crippen LogP contribution in [-0.4, -0.2) is 54.5 Å². The summed E-state index contributed by atoms with van der Waals surface area (Å²) in [5.41, 5.74) is 0.400. The lowest BCUT2D eigenvalue weighted by molar-refractivity contribution is -0.172. The minimum Gasteiger partial charge on any atom is -0.460 e. The smallest absolute Gasteiger partial charge is 0.351 e. The van der Waals surface area contributed by atoms with Gasteiger partial charge in [0.2, 0.25) is 6.23 Å². The maximum atomic E-state index is 15.8. The van der Waals surface area contributed by atoms with Gasteiger partial charge in [-0.1, -0.05) is 80.3 Å². The van der Waals surface area contributed by atoms with Gasteiger partial charge in [0, 0.05) is 18.3 Å². The fourth-order valence-electron chi connectivity index (χ4n) is 4.13. The maximum Gasteiger partial charge on any atom is 0.351 e. The average Bonchev–Trinajstić information content (AvgIpc) is 3.18. The molecule has 1 saturated heterocycles. The van der Waals surface area contributed by atoms with Gasteiger partial charge in [-0.15, -0.1) is 0 Å². The van der Waals surface area contributed by atoms with E-state index in [0.717, 1.165) is 23.9 Å². The third-order valence-electron chi connectivity index (χ3n) is 5.99. The van der Waals surface area contributed by atoms with Crippen LogP contribution in [0.25, 0.3) is 12.2 Å². The molecule has 220 valence electrons. The van der Waals surface area contributed by atoms with Gasteiger partial charge < -0.3 is 19.2 Å². The van der Waals surface area contributed by atoms with Crippen molar-refractivity contribution in [1.82, 2.24) is 9.55 Å². The Balaban J connectivity index is 1.55. The second-order valence-corrected chi connectivity index (χ2v) is 15.3. The second kappa shape index (κ2) is 13.0. The van der Waals surface area contributed by atoms with Crippen LogP contribution in [0.2, 0.25) is 19.6 Å². The molecule has 2 heterocycles. The van der Waals surface area contributed by atoms with E-state index in [1.807, 2.05) is 25.7 Å². The molecule has 1 fully saturated rings. The van der Waals surface area contributed by atoms with Crippen LogP contribution in [-0.2, 0) is 23.8 Å². The topological polar surface area (TPSA) is 109 Å². The number of anilines is 1. The molecular weight excluding hydrogens is 564 g/mol. The van der Waals surface area contributed by atoms with Gasteiger partial charge in [-0.25, -0.2) is 14.4 Å². The standard InChI is InChI=1S/C30H31F2N3O6Si/c1-42(2,3)34-24-18-19-35(29(38)33-24)28-30(31,32)27(41-26(37)17-15-22-12-8-5-9-13-22)23(40-28)20-39-25(36)16-14-21-10-6-4-7-11-21/h4-19,23,27-28H,20H2,1-3H3,(H,33,34,38)/b16-14+,17-15+/t23-,27?,28-/m1/s1. The van der Waals surface area contributed by atoms with E-state index >= 15 is 8.78 Å². The van der Waals surface area contributed by atoms with Gasteiger partial charge in [0.25, 0.3) is 0 Å². The van der Waals surface area contributed by atoms with E-state index in [-0.39, 0.29) is 5.82 Å². The number of esters is 2. The molecule has 0 spiro atoms. The summed E-state index contributed by atoms with van der Waals surface area (Å²) in [7, 11) is -1.88. The molecule has 3 atom stereocenters. The summed E-state index contributed by atoms with van der Waals surface area (Å²) in [5.74, 6) is -5.51. The lowest BCUT2D eigenvalue weighted by Gasteiger charge is -2.24. The van der Waals surface area contributed by atoms with Crippen LogP contribution in [0.15, 0.2) is 89.9 Å². The highest BCUT2D eigenvalue weighted by atomic mass is 28.3. The number of nitrogens with zero attached hydrogens (tertiary/aromatic N) is 2. The van der Waals surface area contributed by atoms with Crippen molar-refractivity contribution >= 4 is 38.1 Å². The average molecular weight is 596 g/mol. The fourth-order valence-corrected chi connectivity index (χ4v) is 5.03. The maximum absolute atomic E-state index is 15.8. The van der Waals surface area contributed by atoms with Gasteiger partial charge in [-0.3, -0.25) is 4.57 Å². The number of carbonyl (C=O) groups is 2. The summed E-state index contributed by atoms with van der Waals surface area (Å²) in [6.07, 6.45) is 0.280. The first kappa shape index (κ1) is 30.5. The molecule has 1 unspecified atom stereocenters. The van der Waals surface area contributed by atoms with E-state index in [2.05, 4.69) is 9.97 Å². The summed E-state index contributed by atoms with van der Waals surface area (Å²) in [6, 6.07) is 19.1. The fraction of sp³-hybridized carbons (Fsp3) is 0.267. The minimum atomic E-state index is -3.88. The van der Waals surface area contributed by atoms with E-state index in [9.17, 15) is 14.4 Å². The van der Waals surface area contributed by atoms with Crippen LogP contribution in [0.3, 0.4) is 0 Å². The first-order valence-corrected chi connectivity index (χ1v) is 16.7. The number of carbonyl (C=O) groups excluding carboxylic acids is 2. The number of nitrogens with one attached hydrogen (secondary N) is 1. The number of hydrogen-bond donors (Lipinski definition) is 1. The van der Waals surface area contributed by atoms with Crippen LogP contribution >= 0.6 is 0 Å². The quantitative estimate of drug-likeness (QED) is 0.200. The van der Waals surface area contributed by atoms with Crippen LogP contribution < -0.4 is 10.7 Å². The zero-order valence-electron chi connectivity index (χ0n) is 23.3. The highest BCUT2D eigenvalue weighted by molar-refractivity contribution is 6.79. The third-order valence-corrected chi connectivity index (χ3v) is 7.00. The molecule has 1 aliphatic rings. The molecule has 0 aliphatic carbocycles. The van der Waals surface area contributed by atoms with Gasteiger partial charge in [0.05, 0.1) is 0 Å². The van der Waals surface area contributed by atoms with E-state index in [0.29, 0.717) is 10.1 Å². The Kier molecular flexibility index (Phi) is 9.48. The Morgan fingerprint density at radius 1 is 0.976 bits per heavy atom. The van der Waals surface area contributed by atoms with Crippen molar-refractivity contribution in [3.05, 3.63) is 107 Å². The zero-order valence-corrected chi connectivity index (χ0v) is 24.3. The highest BCUT2D eigenvalue weighted by Gasteiger charge is 2.62. The molecule has 1 aromatic heterocycles. The molecule has 2 aromatic carbocycles. The molecule has 9 nitrogen and oxygen atoms in total. The first-order chi connectivity index (χ1) is 19.9. The molecule has 12 heteroatoms. The molecule has 0 saturated carbocycles. The number of alkyl halides is 2. The summed E-state index contributed by atoms with van der Waals surface area (Å²) in [5, 5.41) is 0. The van der Waals surface area contributed by atoms with Crippen molar-refractivity contribution in [3.63, 3.8) is 0 Å². The molecule has 3 aromatic rings. The normalized spacial score (nSPS) is 20.1. The van der Waals surface area contributed by atoms with E-state index in [1.165, 1.54) is 18.2 Å². The number of halogens is 2. The van der Waals surface area contributed by atoms with E-state index < -0.39 is 56.8 Å². The Hall–Kier alpha value is -4.42. The van der Waals surface area contributed by atoms with Crippen LogP contribution in [0.5, 0.6) is 0 Å². The van der Waals surface area contributed by atoms with Gasteiger partial charge in [0.15, 0.2) is 6.10 Å². The van der Waals surface area contributed by atoms with Crippen molar-refractivity contribution in [1.29, 1.82) is 0 Å². The van der Waals surface area contributed by atoms with Gasteiger partial charge in [0.1, 0.15) is 26.8 Å². The van der Waals surface area contributed by atoms with Gasteiger partial charge in [-0.2, -0.15) is 13.8 Å². The number of hydrogen-bond acceptors (Lipinski definition) is 8. The number of benzene rings is 2. The Labute approximate surface area is 242 Å². The SMILES string of the molecule is C[Si](C)(C)Nc1ccn([C@@H]2O[C@H](COC(=O)/C=C/c3ccccc3)C(OC(=O)/C=C/c3ccccc3)C2(F)F)c(=O)n1. The van der Waals surface area contributed by atoms with E-state index in [4.69, 9.17) is 14.2 Å². The number of rotatable bonds is 10. The lowest BCUT2D eigenvalue weighted by atomic mass is 10.1. The van der Waals surface area contributed by atoms with Crippen LogP contribution in [0.1, 0.15) is 17.4 Å². The van der Waals surface area contributed by atoms with E-state index in [1.54, 1.807) is 54.6 Å². The molecular formula is C30H31F2N3O6Si. The van der Waals surface area contributed by atoms with Crippen molar-refractivity contribution in [2.45, 2.75) is 44.0 Å². The largest absolute Gasteiger partial charge is 0.460 e. The summed E-state index contributed by atoms with van der Waals surface area (Å²) >= 11 is 0. The minimum absolute atomic E-state index is 0.251. The van der Waals surface area contributed by atoms with Crippen LogP contribution in [0, 0.1) is 0 Å². The number of aromatic nitrogens is 2. The Morgan fingerprint density at radius 3 is 2.10 bits per heavy atom. The molecule has 0 bridgehead atoms. The zero-order chi connectivity index (χ0) is 30.3. The van der Waals surface area contributed by atoms with Crippen LogP contribution in [0.4, 0.5) is 14.6 Å². The molecule has 0 radical (unpaired) electrons. The molecule has 1 aliphatic heterocycles. The first-order valence-electron chi connectivity index (χ1n) is 13.2. The third kappa shape index (κ3) is 8.08. The summed E-state index contributed by atoms with van der Waals surface area (Å²) < 4.78 is 48.1. The Bertz CT molecular complexity index is 1510. The molecule has 1 N–H and O–H groups in total. The van der Waals surface area contributed by atoms with Crippen molar-refractivity contribution in [2.75, 3.05) is 11.6 Å². The van der Waals surface area contributed by atoms with Crippen molar-refractivity contribution < 1.29 is 32.6 Å². The second-order valence-electron chi connectivity index (χ2n) is 10.6. The Morgan fingerprint density at radius 2 is 1.55 bits per heavy atom. The summed E-state index contributed by atoms with van der Waals surface area (Å²) in [4.78, 5) is 44.7. The van der Waals surface area contributed by atoms with Gasteiger partial charge >= 0.3 is 23.6 Å². The van der Waals surface area contributed by atoms with Gasteiger partial charge in [-0.05, 0) is 29.3 Å².